The molecule has 1 aromatic carbocycles. The standard InChI is InChI=1S/C19H21N7O/c27-19(18-5-3-16(4-6-18)14-26-15-21-22-23-26)25-10-8-24(9-11-25)13-17-2-1-7-20-12-17/h1-7,12,15H,8-11,13-14H2. The van der Waals surface area contributed by atoms with Crippen molar-refractivity contribution in [3.63, 3.8) is 0 Å². The van der Waals surface area contributed by atoms with Crippen LogP contribution in [0.3, 0.4) is 0 Å². The molecule has 0 saturated carbocycles. The molecular weight excluding hydrogens is 342 g/mol. The van der Waals surface area contributed by atoms with Gasteiger partial charge in [0.25, 0.3) is 5.91 Å². The Bertz CT molecular complexity index is 857. The maximum absolute atomic E-state index is 12.8. The second kappa shape index (κ2) is 8.05. The van der Waals surface area contributed by atoms with Gasteiger partial charge < -0.3 is 4.90 Å². The van der Waals surface area contributed by atoms with Gasteiger partial charge in [-0.3, -0.25) is 14.7 Å². The number of benzene rings is 1. The first-order chi connectivity index (χ1) is 13.3. The van der Waals surface area contributed by atoms with Crippen molar-refractivity contribution in [1.29, 1.82) is 0 Å². The maximum Gasteiger partial charge on any atom is 0.253 e. The van der Waals surface area contributed by atoms with Gasteiger partial charge in [-0.2, -0.15) is 0 Å². The van der Waals surface area contributed by atoms with Crippen LogP contribution in [0.1, 0.15) is 21.5 Å². The van der Waals surface area contributed by atoms with E-state index in [1.54, 1.807) is 17.2 Å². The Balaban J connectivity index is 1.31. The highest BCUT2D eigenvalue weighted by Gasteiger charge is 2.22. The number of hydrogen-bond acceptors (Lipinski definition) is 6. The fraction of sp³-hybridized carbons (Fsp3) is 0.316. The SMILES string of the molecule is O=C(c1ccc(Cn2cnnn2)cc1)N1CCN(Cc2cccnc2)CC1. The Morgan fingerprint density at radius 2 is 1.78 bits per heavy atom. The van der Waals surface area contributed by atoms with Crippen molar-refractivity contribution < 1.29 is 4.79 Å². The predicted molar refractivity (Wildman–Crippen MR) is 98.8 cm³/mol. The van der Waals surface area contributed by atoms with Crippen molar-refractivity contribution in [2.24, 2.45) is 0 Å². The summed E-state index contributed by atoms with van der Waals surface area (Å²) in [6.45, 7) is 4.70. The summed E-state index contributed by atoms with van der Waals surface area (Å²) in [5.41, 5.74) is 2.98. The summed E-state index contributed by atoms with van der Waals surface area (Å²) in [6.07, 6.45) is 5.26. The van der Waals surface area contributed by atoms with Crippen LogP contribution in [0.25, 0.3) is 0 Å². The summed E-state index contributed by atoms with van der Waals surface area (Å²) in [5.74, 6) is 0.0880. The lowest BCUT2D eigenvalue weighted by molar-refractivity contribution is 0.0628. The predicted octanol–water partition coefficient (Wildman–Crippen LogP) is 1.07. The highest BCUT2D eigenvalue weighted by atomic mass is 16.2. The van der Waals surface area contributed by atoms with Crippen molar-refractivity contribution in [2.45, 2.75) is 13.1 Å². The molecule has 2 aromatic heterocycles. The van der Waals surface area contributed by atoms with E-state index >= 15 is 0 Å². The van der Waals surface area contributed by atoms with Crippen molar-refractivity contribution >= 4 is 5.91 Å². The molecule has 1 aliphatic heterocycles. The Labute approximate surface area is 157 Å². The van der Waals surface area contributed by atoms with Gasteiger partial charge in [0.15, 0.2) is 0 Å². The number of rotatable bonds is 5. The van der Waals surface area contributed by atoms with Crippen LogP contribution >= 0.6 is 0 Å². The quantitative estimate of drug-likeness (QED) is 0.675. The van der Waals surface area contributed by atoms with Crippen LogP contribution < -0.4 is 0 Å². The largest absolute Gasteiger partial charge is 0.336 e. The van der Waals surface area contributed by atoms with E-state index in [-0.39, 0.29) is 5.91 Å². The number of carbonyl (C=O) groups is 1. The van der Waals surface area contributed by atoms with Gasteiger partial charge in [0.2, 0.25) is 0 Å². The number of piperazine rings is 1. The molecule has 3 heterocycles. The zero-order valence-corrected chi connectivity index (χ0v) is 15.0. The molecule has 1 saturated heterocycles. The molecule has 1 aliphatic rings. The third-order valence-electron chi connectivity index (χ3n) is 4.73. The molecule has 0 aliphatic carbocycles. The maximum atomic E-state index is 12.8. The van der Waals surface area contributed by atoms with Gasteiger partial charge in [0.05, 0.1) is 6.54 Å². The number of hydrogen-bond donors (Lipinski definition) is 0. The molecule has 8 nitrogen and oxygen atoms in total. The van der Waals surface area contributed by atoms with Crippen LogP contribution in [0.2, 0.25) is 0 Å². The van der Waals surface area contributed by atoms with E-state index in [9.17, 15) is 4.79 Å². The van der Waals surface area contributed by atoms with E-state index in [2.05, 4.69) is 31.5 Å². The van der Waals surface area contributed by atoms with Crippen molar-refractivity contribution in [1.82, 2.24) is 35.0 Å². The molecule has 4 rings (SSSR count). The summed E-state index contributed by atoms with van der Waals surface area (Å²) in [7, 11) is 0. The lowest BCUT2D eigenvalue weighted by Gasteiger charge is -2.34. The minimum absolute atomic E-state index is 0.0880. The topological polar surface area (TPSA) is 80.0 Å². The first-order valence-electron chi connectivity index (χ1n) is 8.98. The van der Waals surface area contributed by atoms with Gasteiger partial charge in [0, 0.05) is 50.7 Å². The Morgan fingerprint density at radius 1 is 0.963 bits per heavy atom. The van der Waals surface area contributed by atoms with Crippen molar-refractivity contribution in [2.75, 3.05) is 26.2 Å². The number of amides is 1. The Morgan fingerprint density at radius 3 is 2.44 bits per heavy atom. The number of tetrazole rings is 1. The average Bonchev–Trinajstić information content (AvgIpc) is 3.22. The third kappa shape index (κ3) is 4.35. The van der Waals surface area contributed by atoms with E-state index in [1.807, 2.05) is 41.4 Å². The van der Waals surface area contributed by atoms with Gasteiger partial charge in [-0.15, -0.1) is 5.10 Å². The molecule has 0 spiro atoms. The minimum atomic E-state index is 0.0880. The molecule has 0 atom stereocenters. The second-order valence-corrected chi connectivity index (χ2v) is 6.63. The van der Waals surface area contributed by atoms with Crippen LogP contribution in [0.4, 0.5) is 0 Å². The van der Waals surface area contributed by atoms with Gasteiger partial charge in [0.1, 0.15) is 6.33 Å². The van der Waals surface area contributed by atoms with Gasteiger partial charge in [-0.25, -0.2) is 4.68 Å². The van der Waals surface area contributed by atoms with Crippen LogP contribution in [-0.2, 0) is 13.1 Å². The normalized spacial score (nSPS) is 15.0. The second-order valence-electron chi connectivity index (χ2n) is 6.63. The lowest BCUT2D eigenvalue weighted by atomic mass is 10.1. The van der Waals surface area contributed by atoms with Gasteiger partial charge in [-0.1, -0.05) is 18.2 Å². The smallest absolute Gasteiger partial charge is 0.253 e. The van der Waals surface area contributed by atoms with Crippen molar-refractivity contribution in [3.05, 3.63) is 71.8 Å². The molecule has 0 bridgehead atoms. The van der Waals surface area contributed by atoms with E-state index < -0.39 is 0 Å². The number of carbonyl (C=O) groups excluding carboxylic acids is 1. The lowest BCUT2D eigenvalue weighted by Crippen LogP contribution is -2.48. The van der Waals surface area contributed by atoms with Crippen molar-refractivity contribution in [3.8, 4) is 0 Å². The van der Waals surface area contributed by atoms with Crippen LogP contribution in [0, 0.1) is 0 Å². The third-order valence-corrected chi connectivity index (χ3v) is 4.73. The van der Waals surface area contributed by atoms with Gasteiger partial charge in [-0.05, 0) is 39.8 Å². The van der Waals surface area contributed by atoms with Crippen LogP contribution in [-0.4, -0.2) is 67.1 Å². The van der Waals surface area contributed by atoms with Gasteiger partial charge >= 0.3 is 0 Å². The van der Waals surface area contributed by atoms with E-state index in [0.717, 1.165) is 43.9 Å². The molecule has 1 fully saturated rings. The number of pyridine rings is 1. The highest BCUT2D eigenvalue weighted by Crippen LogP contribution is 2.12. The fourth-order valence-electron chi connectivity index (χ4n) is 3.23. The molecular formula is C19H21N7O. The molecule has 3 aromatic rings. The van der Waals surface area contributed by atoms with E-state index in [4.69, 9.17) is 0 Å². The van der Waals surface area contributed by atoms with E-state index in [1.165, 1.54) is 5.56 Å². The first kappa shape index (κ1) is 17.3. The summed E-state index contributed by atoms with van der Waals surface area (Å²) in [5, 5.41) is 11.1. The molecule has 138 valence electrons. The molecule has 1 amide bonds. The zero-order valence-electron chi connectivity index (χ0n) is 15.0. The zero-order chi connectivity index (χ0) is 18.5. The Hall–Kier alpha value is -3.13. The molecule has 0 N–H and O–H groups in total. The average molecular weight is 363 g/mol. The fourth-order valence-corrected chi connectivity index (χ4v) is 3.23. The summed E-state index contributed by atoms with van der Waals surface area (Å²) < 4.78 is 1.65. The number of aromatic nitrogens is 5. The Kier molecular flexibility index (Phi) is 5.15. The minimum Gasteiger partial charge on any atom is -0.336 e. The summed E-state index contributed by atoms with van der Waals surface area (Å²) >= 11 is 0. The van der Waals surface area contributed by atoms with E-state index in [0.29, 0.717) is 6.54 Å². The van der Waals surface area contributed by atoms with Crippen LogP contribution in [0.15, 0.2) is 55.1 Å². The first-order valence-corrected chi connectivity index (χ1v) is 8.98. The molecule has 27 heavy (non-hydrogen) atoms. The van der Waals surface area contributed by atoms with Crippen LogP contribution in [0.5, 0.6) is 0 Å². The monoisotopic (exact) mass is 363 g/mol. The highest BCUT2D eigenvalue weighted by molar-refractivity contribution is 5.94. The molecule has 0 unspecified atom stereocenters. The number of nitrogens with zero attached hydrogens (tertiary/aromatic N) is 7. The summed E-state index contributed by atoms with van der Waals surface area (Å²) in [4.78, 5) is 21.2. The molecule has 8 heteroatoms. The summed E-state index contributed by atoms with van der Waals surface area (Å²) in [6, 6.07) is 11.7. The molecule has 0 radical (unpaired) electrons.